The number of carboxylic acid groups (broad SMARTS) is 1. The van der Waals surface area contributed by atoms with Gasteiger partial charge in [-0.3, -0.25) is 10.1 Å². The summed E-state index contributed by atoms with van der Waals surface area (Å²) >= 11 is 0. The molecule has 0 bridgehead atoms. The van der Waals surface area contributed by atoms with E-state index in [4.69, 9.17) is 14.6 Å². The van der Waals surface area contributed by atoms with Gasteiger partial charge in [0.25, 0.3) is 0 Å². The molecule has 1 fully saturated rings. The highest BCUT2D eigenvalue weighted by molar-refractivity contribution is 5.73. The molecule has 0 aliphatic carbocycles. The highest BCUT2D eigenvalue weighted by atomic mass is 16.5. The largest absolute Gasteiger partial charge is 0.480 e. The van der Waals surface area contributed by atoms with Gasteiger partial charge >= 0.3 is 5.97 Å². The standard InChI is InChI=1S/C8H15NO4/c1-12-5-7(8(10)11)9-6-2-3-13-4-6/h6-7,9H,2-5H2,1H3,(H,10,11). The van der Waals surface area contributed by atoms with Crippen LogP contribution in [0.1, 0.15) is 6.42 Å². The molecule has 0 saturated carbocycles. The van der Waals surface area contributed by atoms with Gasteiger partial charge in [0, 0.05) is 19.8 Å². The highest BCUT2D eigenvalue weighted by Crippen LogP contribution is 2.04. The van der Waals surface area contributed by atoms with Crippen molar-refractivity contribution >= 4 is 5.97 Å². The summed E-state index contributed by atoms with van der Waals surface area (Å²) in [7, 11) is 1.49. The Labute approximate surface area is 77.0 Å². The zero-order valence-corrected chi connectivity index (χ0v) is 7.66. The van der Waals surface area contributed by atoms with Gasteiger partial charge in [-0.05, 0) is 6.42 Å². The molecule has 0 spiro atoms. The summed E-state index contributed by atoms with van der Waals surface area (Å²) in [6, 6.07) is -0.479. The topological polar surface area (TPSA) is 67.8 Å². The molecule has 0 radical (unpaired) electrons. The zero-order valence-electron chi connectivity index (χ0n) is 7.66. The zero-order chi connectivity index (χ0) is 9.68. The summed E-state index contributed by atoms with van der Waals surface area (Å²) in [4.78, 5) is 10.7. The summed E-state index contributed by atoms with van der Waals surface area (Å²) < 4.78 is 9.91. The average molecular weight is 189 g/mol. The molecule has 1 heterocycles. The van der Waals surface area contributed by atoms with E-state index in [0.29, 0.717) is 13.2 Å². The predicted molar refractivity (Wildman–Crippen MR) is 45.7 cm³/mol. The Morgan fingerprint density at radius 3 is 3.08 bits per heavy atom. The number of aliphatic carboxylic acids is 1. The minimum Gasteiger partial charge on any atom is -0.480 e. The quantitative estimate of drug-likeness (QED) is 0.608. The molecule has 1 saturated heterocycles. The van der Waals surface area contributed by atoms with Crippen LogP contribution < -0.4 is 5.32 Å². The molecule has 0 aromatic carbocycles. The first-order valence-corrected chi connectivity index (χ1v) is 4.29. The van der Waals surface area contributed by atoms with Crippen molar-refractivity contribution in [3.05, 3.63) is 0 Å². The molecule has 2 unspecified atom stereocenters. The number of carboxylic acids is 1. The molecule has 1 rings (SSSR count). The SMILES string of the molecule is COCC(NC1CCOC1)C(=O)O. The van der Waals surface area contributed by atoms with E-state index in [1.54, 1.807) is 0 Å². The average Bonchev–Trinajstić information content (AvgIpc) is 2.56. The fraction of sp³-hybridized carbons (Fsp3) is 0.875. The molecule has 5 heteroatoms. The van der Waals surface area contributed by atoms with E-state index in [1.807, 2.05) is 0 Å². The van der Waals surface area contributed by atoms with Crippen molar-refractivity contribution in [2.75, 3.05) is 26.9 Å². The molecule has 1 aliphatic heterocycles. The van der Waals surface area contributed by atoms with Crippen LogP contribution in [-0.4, -0.2) is 50.1 Å². The molecule has 5 nitrogen and oxygen atoms in total. The second-order valence-corrected chi connectivity index (χ2v) is 3.07. The molecule has 76 valence electrons. The lowest BCUT2D eigenvalue weighted by atomic mass is 10.2. The molecular formula is C8H15NO4. The Kier molecular flexibility index (Phi) is 4.14. The van der Waals surface area contributed by atoms with Crippen molar-refractivity contribution in [2.45, 2.75) is 18.5 Å². The van der Waals surface area contributed by atoms with Crippen LogP contribution in [0.15, 0.2) is 0 Å². The number of methoxy groups -OCH3 is 1. The Hall–Kier alpha value is -0.650. The Bertz CT molecular complexity index is 168. The molecule has 1 aliphatic rings. The minimum absolute atomic E-state index is 0.149. The number of hydrogen-bond acceptors (Lipinski definition) is 4. The molecule has 0 aromatic rings. The summed E-state index contributed by atoms with van der Waals surface area (Å²) in [5.41, 5.74) is 0. The van der Waals surface area contributed by atoms with Crippen molar-refractivity contribution in [1.29, 1.82) is 0 Å². The smallest absolute Gasteiger partial charge is 0.323 e. The maximum atomic E-state index is 10.7. The maximum Gasteiger partial charge on any atom is 0.323 e. The van der Waals surface area contributed by atoms with Gasteiger partial charge in [0.1, 0.15) is 6.04 Å². The molecule has 13 heavy (non-hydrogen) atoms. The van der Waals surface area contributed by atoms with E-state index < -0.39 is 12.0 Å². The van der Waals surface area contributed by atoms with Gasteiger partial charge in [-0.15, -0.1) is 0 Å². The molecule has 0 aromatic heterocycles. The van der Waals surface area contributed by atoms with Crippen LogP contribution >= 0.6 is 0 Å². The van der Waals surface area contributed by atoms with Gasteiger partial charge in [-0.1, -0.05) is 0 Å². The summed E-state index contributed by atoms with van der Waals surface area (Å²) in [6.07, 6.45) is 0.869. The fourth-order valence-corrected chi connectivity index (χ4v) is 1.31. The van der Waals surface area contributed by atoms with Crippen LogP contribution in [0.25, 0.3) is 0 Å². The second kappa shape index (κ2) is 5.16. The van der Waals surface area contributed by atoms with Crippen molar-refractivity contribution in [3.63, 3.8) is 0 Å². The first kappa shape index (κ1) is 10.4. The molecule has 2 N–H and O–H groups in total. The van der Waals surface area contributed by atoms with Gasteiger partial charge in [0.05, 0.1) is 13.2 Å². The van der Waals surface area contributed by atoms with Gasteiger partial charge in [-0.2, -0.15) is 0 Å². The summed E-state index contributed by atoms with van der Waals surface area (Å²) in [5, 5.41) is 11.7. The van der Waals surface area contributed by atoms with Crippen LogP contribution in [-0.2, 0) is 14.3 Å². The summed E-state index contributed by atoms with van der Waals surface area (Å²) in [5.74, 6) is -0.881. The van der Waals surface area contributed by atoms with Gasteiger partial charge in [-0.25, -0.2) is 0 Å². The van der Waals surface area contributed by atoms with E-state index >= 15 is 0 Å². The number of hydrogen-bond donors (Lipinski definition) is 2. The van der Waals surface area contributed by atoms with E-state index in [1.165, 1.54) is 7.11 Å². The van der Waals surface area contributed by atoms with Crippen molar-refractivity contribution < 1.29 is 19.4 Å². The first-order chi connectivity index (χ1) is 6.24. The molecule has 2 atom stereocenters. The Morgan fingerprint density at radius 2 is 2.62 bits per heavy atom. The van der Waals surface area contributed by atoms with Crippen LogP contribution in [0.2, 0.25) is 0 Å². The predicted octanol–water partition coefficient (Wildman–Crippen LogP) is -0.535. The van der Waals surface area contributed by atoms with E-state index in [0.717, 1.165) is 6.42 Å². The Morgan fingerprint density at radius 1 is 1.85 bits per heavy atom. The van der Waals surface area contributed by atoms with E-state index in [9.17, 15) is 4.79 Å². The fourth-order valence-electron chi connectivity index (χ4n) is 1.31. The van der Waals surface area contributed by atoms with Crippen LogP contribution in [0.5, 0.6) is 0 Å². The van der Waals surface area contributed by atoms with Crippen LogP contribution in [0.3, 0.4) is 0 Å². The normalized spacial score (nSPS) is 24.5. The van der Waals surface area contributed by atoms with Crippen molar-refractivity contribution in [3.8, 4) is 0 Å². The van der Waals surface area contributed by atoms with Gasteiger partial charge in [0.15, 0.2) is 0 Å². The monoisotopic (exact) mass is 189 g/mol. The van der Waals surface area contributed by atoms with Crippen molar-refractivity contribution in [2.24, 2.45) is 0 Å². The number of ether oxygens (including phenoxy) is 2. The number of nitrogens with one attached hydrogen (secondary N) is 1. The maximum absolute atomic E-state index is 10.7. The lowest BCUT2D eigenvalue weighted by molar-refractivity contribution is -0.141. The van der Waals surface area contributed by atoms with Gasteiger partial charge in [0.2, 0.25) is 0 Å². The highest BCUT2D eigenvalue weighted by Gasteiger charge is 2.23. The third-order valence-electron chi connectivity index (χ3n) is 2.00. The second-order valence-electron chi connectivity index (χ2n) is 3.07. The number of rotatable bonds is 5. The summed E-state index contributed by atoms with van der Waals surface area (Å²) in [6.45, 7) is 1.48. The van der Waals surface area contributed by atoms with E-state index in [-0.39, 0.29) is 12.6 Å². The van der Waals surface area contributed by atoms with Gasteiger partial charge < -0.3 is 14.6 Å². The van der Waals surface area contributed by atoms with Crippen molar-refractivity contribution in [1.82, 2.24) is 5.32 Å². The number of carbonyl (C=O) groups is 1. The minimum atomic E-state index is -0.881. The lowest BCUT2D eigenvalue weighted by Gasteiger charge is -2.17. The molecular weight excluding hydrogens is 174 g/mol. The van der Waals surface area contributed by atoms with Crippen LogP contribution in [0.4, 0.5) is 0 Å². The van der Waals surface area contributed by atoms with E-state index in [2.05, 4.69) is 5.32 Å². The Balaban J connectivity index is 2.32. The first-order valence-electron chi connectivity index (χ1n) is 4.29. The molecule has 0 amide bonds. The third kappa shape index (κ3) is 3.30. The third-order valence-corrected chi connectivity index (χ3v) is 2.00. The van der Waals surface area contributed by atoms with Crippen LogP contribution in [0, 0.1) is 0 Å². The lowest BCUT2D eigenvalue weighted by Crippen LogP contribution is -2.46.